The molecule has 1 amide bonds. The van der Waals surface area contributed by atoms with Crippen molar-refractivity contribution in [3.63, 3.8) is 0 Å². The number of ether oxygens (including phenoxy) is 2. The van der Waals surface area contributed by atoms with Gasteiger partial charge < -0.3 is 9.47 Å². The summed E-state index contributed by atoms with van der Waals surface area (Å²) in [7, 11) is 3.23. The van der Waals surface area contributed by atoms with Crippen molar-refractivity contribution in [2.24, 2.45) is 10.1 Å². The number of hydrazone groups is 1. The van der Waals surface area contributed by atoms with Crippen molar-refractivity contribution in [2.45, 2.75) is 12.5 Å². The molecule has 1 atom stereocenters. The average Bonchev–Trinajstić information content (AvgIpc) is 3.52. The first kappa shape index (κ1) is 20.3. The third-order valence-electron chi connectivity index (χ3n) is 4.64. The molecule has 6 nitrogen and oxygen atoms in total. The largest absolute Gasteiger partial charge is 0.493 e. The highest BCUT2D eigenvalue weighted by Crippen LogP contribution is 2.42. The van der Waals surface area contributed by atoms with E-state index in [1.807, 2.05) is 35.7 Å². The molecule has 0 saturated carbocycles. The molecule has 0 N–H and O–H groups in total. The topological polar surface area (TPSA) is 63.5 Å². The van der Waals surface area contributed by atoms with Gasteiger partial charge in [0, 0.05) is 17.7 Å². The first-order valence-electron chi connectivity index (χ1n) is 9.15. The predicted octanol–water partition coefficient (Wildman–Crippen LogP) is 4.28. The van der Waals surface area contributed by atoms with Crippen molar-refractivity contribution in [3.05, 3.63) is 46.2 Å². The highest BCUT2D eigenvalue weighted by atomic mass is 32.2. The monoisotopic (exact) mass is 447 g/mol. The third-order valence-corrected chi connectivity index (χ3v) is 7.80. The van der Waals surface area contributed by atoms with Crippen LogP contribution in [0.4, 0.5) is 0 Å². The number of aliphatic imine (C=N–C) groups is 1. The summed E-state index contributed by atoms with van der Waals surface area (Å²) in [6, 6.07) is 9.55. The Morgan fingerprint density at radius 2 is 2.17 bits per heavy atom. The van der Waals surface area contributed by atoms with Crippen LogP contribution in [-0.2, 0) is 4.79 Å². The lowest BCUT2D eigenvalue weighted by atomic mass is 9.99. The molecule has 9 heteroatoms. The molecule has 2 aliphatic rings. The molecule has 0 aliphatic carbocycles. The standard InChI is InChI=1S/C20H21N3O3S3/c1-25-16-6-3-5-13(19(16)26-2)15-11-14(17-7-4-9-27-17)22-23(15)18(24)12-29-20-21-8-10-28-20/h3-7,9,15H,8,10-12H2,1-2H3/t15-/m0/s1. The lowest BCUT2D eigenvalue weighted by Crippen LogP contribution is -2.29. The summed E-state index contributed by atoms with van der Waals surface area (Å²) >= 11 is 4.83. The highest BCUT2D eigenvalue weighted by Gasteiger charge is 2.36. The maximum atomic E-state index is 13.1. The minimum absolute atomic E-state index is 0.0355. The molecule has 4 rings (SSSR count). The Labute approximate surface area is 182 Å². The molecule has 2 aromatic rings. The maximum absolute atomic E-state index is 13.1. The Balaban J connectivity index is 1.63. The van der Waals surface area contributed by atoms with Crippen LogP contribution in [0.2, 0.25) is 0 Å². The molecule has 152 valence electrons. The number of hydrogen-bond acceptors (Lipinski definition) is 8. The Kier molecular flexibility index (Phi) is 6.46. The number of carbonyl (C=O) groups excluding carboxylic acids is 1. The fourth-order valence-electron chi connectivity index (χ4n) is 3.34. The van der Waals surface area contributed by atoms with E-state index in [0.717, 1.165) is 32.8 Å². The van der Waals surface area contributed by atoms with Crippen LogP contribution < -0.4 is 9.47 Å². The van der Waals surface area contributed by atoms with Gasteiger partial charge in [0.15, 0.2) is 11.5 Å². The lowest BCUT2D eigenvalue weighted by molar-refractivity contribution is -0.130. The Bertz CT molecular complexity index is 944. The number of carbonyl (C=O) groups is 1. The van der Waals surface area contributed by atoms with Gasteiger partial charge in [-0.15, -0.1) is 11.3 Å². The van der Waals surface area contributed by atoms with Gasteiger partial charge in [0.1, 0.15) is 4.38 Å². The zero-order valence-corrected chi connectivity index (χ0v) is 18.6. The number of amides is 1. The molecule has 0 radical (unpaired) electrons. The number of thioether (sulfide) groups is 2. The van der Waals surface area contributed by atoms with Crippen molar-refractivity contribution < 1.29 is 14.3 Å². The van der Waals surface area contributed by atoms with Crippen molar-refractivity contribution in [2.75, 3.05) is 32.3 Å². The fraction of sp³-hybridized carbons (Fsp3) is 0.350. The van der Waals surface area contributed by atoms with E-state index >= 15 is 0 Å². The van der Waals surface area contributed by atoms with E-state index in [4.69, 9.17) is 14.6 Å². The van der Waals surface area contributed by atoms with Gasteiger partial charge in [0.25, 0.3) is 5.91 Å². The SMILES string of the molecule is COc1cccc([C@@H]2CC(c3cccs3)=NN2C(=O)CSC2=NCCS2)c1OC. The second-order valence-electron chi connectivity index (χ2n) is 6.35. The number of benzene rings is 1. The highest BCUT2D eigenvalue weighted by molar-refractivity contribution is 8.39. The number of nitrogens with zero attached hydrogens (tertiary/aromatic N) is 3. The van der Waals surface area contributed by atoms with Gasteiger partial charge in [-0.25, -0.2) is 5.01 Å². The van der Waals surface area contributed by atoms with E-state index in [1.165, 1.54) is 11.8 Å². The lowest BCUT2D eigenvalue weighted by Gasteiger charge is -2.24. The zero-order chi connectivity index (χ0) is 20.2. The number of hydrogen-bond donors (Lipinski definition) is 0. The second-order valence-corrected chi connectivity index (χ2v) is 9.60. The van der Waals surface area contributed by atoms with Crippen molar-refractivity contribution in [1.29, 1.82) is 0 Å². The molecule has 1 aromatic carbocycles. The van der Waals surface area contributed by atoms with E-state index in [2.05, 4.69) is 4.99 Å². The quantitative estimate of drug-likeness (QED) is 0.661. The minimum Gasteiger partial charge on any atom is -0.493 e. The molecule has 2 aliphatic heterocycles. The van der Waals surface area contributed by atoms with E-state index in [9.17, 15) is 4.79 Å². The molecule has 0 spiro atoms. The van der Waals surface area contributed by atoms with E-state index in [0.29, 0.717) is 23.7 Å². The van der Waals surface area contributed by atoms with Crippen LogP contribution in [0.5, 0.6) is 11.5 Å². The Morgan fingerprint density at radius 1 is 1.28 bits per heavy atom. The van der Waals surface area contributed by atoms with Crippen LogP contribution in [0.1, 0.15) is 22.9 Å². The summed E-state index contributed by atoms with van der Waals surface area (Å²) in [6.07, 6.45) is 0.635. The summed E-state index contributed by atoms with van der Waals surface area (Å²) in [6.45, 7) is 0.829. The zero-order valence-electron chi connectivity index (χ0n) is 16.2. The van der Waals surface area contributed by atoms with Crippen LogP contribution >= 0.6 is 34.9 Å². The number of methoxy groups -OCH3 is 2. The van der Waals surface area contributed by atoms with Crippen LogP contribution in [0.3, 0.4) is 0 Å². The minimum atomic E-state index is -0.233. The molecule has 0 saturated heterocycles. The second kappa shape index (κ2) is 9.23. The van der Waals surface area contributed by atoms with Crippen molar-refractivity contribution >= 4 is 50.9 Å². The first-order chi connectivity index (χ1) is 14.2. The first-order valence-corrected chi connectivity index (χ1v) is 12.0. The summed E-state index contributed by atoms with van der Waals surface area (Å²) in [5.74, 6) is 2.56. The van der Waals surface area contributed by atoms with Gasteiger partial charge in [-0.2, -0.15) is 5.10 Å². The third kappa shape index (κ3) is 4.31. The number of rotatable bonds is 6. The van der Waals surface area contributed by atoms with Gasteiger partial charge in [0.2, 0.25) is 0 Å². The van der Waals surface area contributed by atoms with Crippen LogP contribution in [0.15, 0.2) is 45.8 Å². The Hall–Kier alpha value is -1.97. The van der Waals surface area contributed by atoms with Gasteiger partial charge in [-0.1, -0.05) is 41.7 Å². The molecule has 1 aromatic heterocycles. The van der Waals surface area contributed by atoms with E-state index in [1.54, 1.807) is 42.3 Å². The average molecular weight is 448 g/mol. The summed E-state index contributed by atoms with van der Waals surface area (Å²) < 4.78 is 12.1. The van der Waals surface area contributed by atoms with Crippen molar-refractivity contribution in [3.8, 4) is 11.5 Å². The predicted molar refractivity (Wildman–Crippen MR) is 122 cm³/mol. The van der Waals surface area contributed by atoms with Gasteiger partial charge in [-0.3, -0.25) is 9.79 Å². The number of para-hydroxylation sites is 1. The van der Waals surface area contributed by atoms with Gasteiger partial charge >= 0.3 is 0 Å². The summed E-state index contributed by atoms with van der Waals surface area (Å²) in [5, 5.41) is 8.35. The molecular formula is C20H21N3O3S3. The van der Waals surface area contributed by atoms with Crippen LogP contribution in [-0.4, -0.2) is 53.3 Å². The molecule has 0 unspecified atom stereocenters. The van der Waals surface area contributed by atoms with Crippen molar-refractivity contribution in [1.82, 2.24) is 5.01 Å². The summed E-state index contributed by atoms with van der Waals surface area (Å²) in [5.41, 5.74) is 1.81. The van der Waals surface area contributed by atoms with E-state index < -0.39 is 0 Å². The normalized spacial score (nSPS) is 18.6. The smallest absolute Gasteiger partial charge is 0.253 e. The maximum Gasteiger partial charge on any atom is 0.253 e. The molecular weight excluding hydrogens is 426 g/mol. The molecule has 0 fully saturated rings. The molecule has 0 bridgehead atoms. The Morgan fingerprint density at radius 3 is 2.86 bits per heavy atom. The van der Waals surface area contributed by atoms with Crippen LogP contribution in [0.25, 0.3) is 0 Å². The van der Waals surface area contributed by atoms with Gasteiger partial charge in [-0.05, 0) is 17.5 Å². The number of thiophene rings is 1. The fourth-order valence-corrected chi connectivity index (χ4v) is 5.92. The molecule has 29 heavy (non-hydrogen) atoms. The van der Waals surface area contributed by atoms with E-state index in [-0.39, 0.29) is 11.9 Å². The molecule has 3 heterocycles. The van der Waals surface area contributed by atoms with Gasteiger partial charge in [0.05, 0.1) is 43.1 Å². The van der Waals surface area contributed by atoms with Crippen LogP contribution in [0, 0.1) is 0 Å². The summed E-state index contributed by atoms with van der Waals surface area (Å²) in [4.78, 5) is 18.6.